The van der Waals surface area contributed by atoms with E-state index in [0.717, 1.165) is 16.9 Å². The monoisotopic (exact) mass is 433 g/mol. The highest BCUT2D eigenvalue weighted by Gasteiger charge is 2.66. The molecule has 1 saturated carbocycles. The van der Waals surface area contributed by atoms with E-state index in [4.69, 9.17) is 11.6 Å². The van der Waals surface area contributed by atoms with E-state index in [1.165, 1.54) is 6.20 Å². The van der Waals surface area contributed by atoms with E-state index in [2.05, 4.69) is 15.0 Å². The smallest absolute Gasteiger partial charge is 0.259 e. The van der Waals surface area contributed by atoms with Gasteiger partial charge in [-0.05, 0) is 24.1 Å². The fraction of sp³-hybridized carbons (Fsp3) is 0.158. The van der Waals surface area contributed by atoms with E-state index >= 15 is 0 Å². The molecule has 1 aromatic heterocycles. The number of hydrogen-bond donors (Lipinski definition) is 2. The summed E-state index contributed by atoms with van der Waals surface area (Å²) in [5.41, 5.74) is 1.24. The van der Waals surface area contributed by atoms with Gasteiger partial charge < -0.3 is 5.32 Å². The summed E-state index contributed by atoms with van der Waals surface area (Å²) < 4.78 is 29.3. The fourth-order valence-corrected chi connectivity index (χ4v) is 5.93. The minimum Gasteiger partial charge on any atom is -0.331 e. The Balaban J connectivity index is 1.67. The van der Waals surface area contributed by atoms with Crippen LogP contribution in [0, 0.1) is 0 Å². The van der Waals surface area contributed by atoms with Gasteiger partial charge in [-0.25, -0.2) is 13.4 Å². The maximum absolute atomic E-state index is 13.2. The Morgan fingerprint density at radius 1 is 1.11 bits per heavy atom. The quantitative estimate of drug-likeness (QED) is 0.618. The lowest BCUT2D eigenvalue weighted by Gasteiger charge is -2.20. The molecule has 1 fully saturated rings. The number of hydrogen-bond acceptors (Lipinski definition) is 5. The molecule has 0 radical (unpaired) electrons. The van der Waals surface area contributed by atoms with Gasteiger partial charge in [0.2, 0.25) is 0 Å². The lowest BCUT2D eigenvalue weighted by molar-refractivity contribution is 0.0944. The van der Waals surface area contributed by atoms with Gasteiger partial charge in [0, 0.05) is 11.5 Å². The van der Waals surface area contributed by atoms with Crippen molar-refractivity contribution in [2.24, 2.45) is 0 Å². The van der Waals surface area contributed by atoms with Gasteiger partial charge in [0.05, 0.1) is 6.20 Å². The number of nitrogens with one attached hydrogen (secondary N) is 2. The highest BCUT2D eigenvalue weighted by atomic mass is 35.5. The molecular formula is C19H16ClN3O3S2. The Labute approximate surface area is 171 Å². The van der Waals surface area contributed by atoms with E-state index in [1.54, 1.807) is 30.3 Å². The minimum atomic E-state index is -3.98. The number of anilines is 1. The van der Waals surface area contributed by atoms with Crippen molar-refractivity contribution in [2.75, 3.05) is 4.72 Å². The van der Waals surface area contributed by atoms with Gasteiger partial charge in [0.15, 0.2) is 10.0 Å². The van der Waals surface area contributed by atoms with Crippen molar-refractivity contribution in [3.05, 3.63) is 82.3 Å². The third kappa shape index (κ3) is 3.50. The molecule has 6 nitrogen and oxygen atoms in total. The van der Waals surface area contributed by atoms with Crippen molar-refractivity contribution >= 4 is 44.0 Å². The molecule has 1 amide bonds. The summed E-state index contributed by atoms with van der Waals surface area (Å²) in [7, 11) is -3.98. The van der Waals surface area contributed by atoms with Crippen LogP contribution in [0.2, 0.25) is 4.34 Å². The van der Waals surface area contributed by atoms with Crippen molar-refractivity contribution in [2.45, 2.75) is 17.2 Å². The van der Waals surface area contributed by atoms with Gasteiger partial charge in [-0.2, -0.15) is 0 Å². The molecule has 0 spiro atoms. The number of carbonyl (C=O) groups excluding carboxylic acids is 1. The second-order valence-electron chi connectivity index (χ2n) is 6.45. The fourth-order valence-electron chi connectivity index (χ4n) is 3.18. The molecule has 9 heteroatoms. The Bertz CT molecular complexity index is 1100. The van der Waals surface area contributed by atoms with Gasteiger partial charge in [0.1, 0.15) is 4.34 Å². The average molecular weight is 434 g/mol. The lowest BCUT2D eigenvalue weighted by Crippen LogP contribution is -2.47. The van der Waals surface area contributed by atoms with Gasteiger partial charge in [-0.15, -0.1) is 0 Å². The molecule has 3 aromatic rings. The van der Waals surface area contributed by atoms with E-state index in [1.807, 2.05) is 30.3 Å². The van der Waals surface area contributed by atoms with Crippen LogP contribution in [0.3, 0.4) is 0 Å². The highest BCUT2D eigenvalue weighted by Crippen LogP contribution is 2.55. The van der Waals surface area contributed by atoms with Crippen molar-refractivity contribution in [3.8, 4) is 0 Å². The Kier molecular flexibility index (Phi) is 4.86. The van der Waals surface area contributed by atoms with Crippen LogP contribution in [0.4, 0.5) is 5.13 Å². The molecule has 0 unspecified atom stereocenters. The van der Waals surface area contributed by atoms with Gasteiger partial charge in [0.25, 0.3) is 15.9 Å². The lowest BCUT2D eigenvalue weighted by atomic mass is 10.1. The van der Waals surface area contributed by atoms with E-state index in [0.29, 0.717) is 9.90 Å². The number of aromatic nitrogens is 1. The first-order valence-electron chi connectivity index (χ1n) is 8.47. The topological polar surface area (TPSA) is 88.2 Å². The predicted molar refractivity (Wildman–Crippen MR) is 110 cm³/mol. The van der Waals surface area contributed by atoms with Crippen LogP contribution in [0.15, 0.2) is 66.9 Å². The number of amides is 1. The summed E-state index contributed by atoms with van der Waals surface area (Å²) in [5, 5.41) is 2.92. The number of rotatable bonds is 6. The zero-order valence-electron chi connectivity index (χ0n) is 14.5. The molecule has 0 bridgehead atoms. The number of sulfonamides is 1. The SMILES string of the molecule is O=C(N[C@]1(S(=O)(=O)Nc2ncc(Cl)s2)C[C@@H]1c1ccccc1)c1ccccc1. The summed E-state index contributed by atoms with van der Waals surface area (Å²) in [5.74, 6) is -0.809. The number of carbonyl (C=O) groups is 1. The minimum absolute atomic E-state index is 0.164. The molecule has 2 aromatic carbocycles. The molecule has 1 aliphatic carbocycles. The van der Waals surface area contributed by atoms with Crippen LogP contribution in [0.1, 0.15) is 28.3 Å². The van der Waals surface area contributed by atoms with Crippen LogP contribution < -0.4 is 10.0 Å². The molecule has 1 aliphatic rings. The van der Waals surface area contributed by atoms with Gasteiger partial charge >= 0.3 is 0 Å². The molecule has 0 saturated heterocycles. The summed E-state index contributed by atoms with van der Waals surface area (Å²) in [6, 6.07) is 17.8. The molecule has 2 atom stereocenters. The molecule has 4 rings (SSSR count). The molecule has 28 heavy (non-hydrogen) atoms. The normalized spacial score (nSPS) is 21.1. The van der Waals surface area contributed by atoms with Crippen molar-refractivity contribution in [1.82, 2.24) is 10.3 Å². The summed E-state index contributed by atoms with van der Waals surface area (Å²) >= 11 is 6.88. The van der Waals surface area contributed by atoms with Crippen LogP contribution in [0.25, 0.3) is 0 Å². The number of thiazole rings is 1. The highest BCUT2D eigenvalue weighted by molar-refractivity contribution is 7.94. The third-order valence-electron chi connectivity index (χ3n) is 4.65. The van der Waals surface area contributed by atoms with Gasteiger partial charge in [-0.1, -0.05) is 71.5 Å². The summed E-state index contributed by atoms with van der Waals surface area (Å²) in [6.07, 6.45) is 1.64. The summed E-state index contributed by atoms with van der Waals surface area (Å²) in [4.78, 5) is 15.2. The average Bonchev–Trinajstić information content (AvgIpc) is 3.30. The van der Waals surface area contributed by atoms with E-state index < -0.39 is 20.8 Å². The largest absolute Gasteiger partial charge is 0.331 e. The molecular weight excluding hydrogens is 418 g/mol. The Morgan fingerprint density at radius 2 is 1.75 bits per heavy atom. The zero-order valence-corrected chi connectivity index (χ0v) is 16.9. The van der Waals surface area contributed by atoms with E-state index in [9.17, 15) is 13.2 Å². The number of nitrogens with zero attached hydrogens (tertiary/aromatic N) is 1. The second-order valence-corrected chi connectivity index (χ2v) is 10.1. The molecule has 1 heterocycles. The van der Waals surface area contributed by atoms with Crippen molar-refractivity contribution in [3.63, 3.8) is 0 Å². The summed E-state index contributed by atoms with van der Waals surface area (Å²) in [6.45, 7) is 0. The maximum Gasteiger partial charge on any atom is 0.259 e. The van der Waals surface area contributed by atoms with Crippen molar-refractivity contribution in [1.29, 1.82) is 0 Å². The van der Waals surface area contributed by atoms with Crippen LogP contribution in [-0.2, 0) is 10.0 Å². The third-order valence-corrected chi connectivity index (χ3v) is 7.79. The standard InChI is InChI=1S/C19H16ClN3O3S2/c20-16-12-21-18(27-16)23-28(25,26)19(11-15(19)13-7-3-1-4-8-13)22-17(24)14-9-5-2-6-10-14/h1-10,12,15H,11H2,(H,21,23)(H,22,24)/t15-,19+/m1/s1. The first-order valence-corrected chi connectivity index (χ1v) is 11.2. The zero-order chi connectivity index (χ0) is 19.8. The maximum atomic E-state index is 13.2. The Hall–Kier alpha value is -2.42. The van der Waals surface area contributed by atoms with Crippen LogP contribution in [-0.4, -0.2) is 24.2 Å². The van der Waals surface area contributed by atoms with Crippen LogP contribution in [0.5, 0.6) is 0 Å². The predicted octanol–water partition coefficient (Wildman–Crippen LogP) is 3.85. The van der Waals surface area contributed by atoms with E-state index in [-0.39, 0.29) is 17.5 Å². The Morgan fingerprint density at radius 3 is 2.36 bits per heavy atom. The second kappa shape index (κ2) is 7.20. The first-order chi connectivity index (χ1) is 13.4. The molecule has 2 N–H and O–H groups in total. The first kappa shape index (κ1) is 18.9. The molecule has 0 aliphatic heterocycles. The number of benzene rings is 2. The molecule has 144 valence electrons. The van der Waals surface area contributed by atoms with Gasteiger partial charge in [-0.3, -0.25) is 9.52 Å². The van der Waals surface area contributed by atoms with Crippen LogP contribution >= 0.6 is 22.9 Å². The van der Waals surface area contributed by atoms with Crippen molar-refractivity contribution < 1.29 is 13.2 Å². The number of halogens is 1.